The summed E-state index contributed by atoms with van der Waals surface area (Å²) in [5.41, 5.74) is 2.59. The lowest BCUT2D eigenvalue weighted by Crippen LogP contribution is -2.12. The van der Waals surface area contributed by atoms with Crippen LogP contribution >= 0.6 is 11.3 Å². The van der Waals surface area contributed by atoms with Crippen molar-refractivity contribution in [2.45, 2.75) is 46.1 Å². The summed E-state index contributed by atoms with van der Waals surface area (Å²) in [6, 6.07) is 1.91. The lowest BCUT2D eigenvalue weighted by atomic mass is 9.98. The Hall–Kier alpha value is -1.69. The van der Waals surface area contributed by atoms with Crippen LogP contribution in [0.3, 0.4) is 0 Å². The van der Waals surface area contributed by atoms with Crippen LogP contribution in [0.25, 0.3) is 0 Å². The van der Waals surface area contributed by atoms with Gasteiger partial charge < -0.3 is 4.74 Å². The van der Waals surface area contributed by atoms with Crippen LogP contribution in [0.15, 0.2) is 11.4 Å². The average Bonchev–Trinajstić information content (AvgIpc) is 2.93. The predicted octanol–water partition coefficient (Wildman–Crippen LogP) is 2.77. The number of carbonyl (C=O) groups is 1. The van der Waals surface area contributed by atoms with Crippen molar-refractivity contribution in [2.75, 3.05) is 0 Å². The van der Waals surface area contributed by atoms with Crippen molar-refractivity contribution in [3.63, 3.8) is 0 Å². The molecule has 6 heteroatoms. The van der Waals surface area contributed by atoms with Crippen molar-refractivity contribution in [3.8, 4) is 0 Å². The Labute approximate surface area is 129 Å². The van der Waals surface area contributed by atoms with Gasteiger partial charge in [0, 0.05) is 17.8 Å². The van der Waals surface area contributed by atoms with E-state index < -0.39 is 0 Å². The van der Waals surface area contributed by atoms with Gasteiger partial charge in [-0.05, 0) is 13.0 Å². The minimum absolute atomic E-state index is 0.0130. The first kappa shape index (κ1) is 15.7. The summed E-state index contributed by atoms with van der Waals surface area (Å²) in [5.74, 6) is -0.264. The fourth-order valence-corrected chi connectivity index (χ4v) is 2.79. The van der Waals surface area contributed by atoms with Gasteiger partial charge in [0.25, 0.3) is 0 Å². The van der Waals surface area contributed by atoms with Crippen LogP contribution in [0.5, 0.6) is 0 Å². The molecule has 0 aliphatic rings. The standard InChI is InChI=1S/C15H21N3O2S/c1-10-6-12(18(5)17-10)8-20-13(19)7-11-9-21-14(16-11)15(2,3)4/h6,9H,7-8H2,1-5H3. The monoisotopic (exact) mass is 307 g/mol. The highest BCUT2D eigenvalue weighted by Crippen LogP contribution is 2.25. The third kappa shape index (κ3) is 4.14. The van der Waals surface area contributed by atoms with Gasteiger partial charge in [-0.3, -0.25) is 9.48 Å². The highest BCUT2D eigenvalue weighted by atomic mass is 32.1. The van der Waals surface area contributed by atoms with Crippen molar-refractivity contribution in [1.29, 1.82) is 0 Å². The first-order valence-corrected chi connectivity index (χ1v) is 7.73. The summed E-state index contributed by atoms with van der Waals surface area (Å²) in [4.78, 5) is 16.4. The SMILES string of the molecule is Cc1cc(COC(=O)Cc2csc(C(C)(C)C)n2)n(C)n1. The molecule has 5 nitrogen and oxygen atoms in total. The molecule has 0 amide bonds. The molecule has 0 saturated carbocycles. The molecule has 0 saturated heterocycles. The minimum atomic E-state index is -0.264. The van der Waals surface area contributed by atoms with E-state index in [-0.39, 0.29) is 24.4 Å². The molecule has 2 aromatic rings. The number of aromatic nitrogens is 3. The van der Waals surface area contributed by atoms with E-state index in [1.165, 1.54) is 0 Å². The molecule has 0 N–H and O–H groups in total. The van der Waals surface area contributed by atoms with E-state index in [4.69, 9.17) is 4.74 Å². The minimum Gasteiger partial charge on any atom is -0.459 e. The molecule has 0 bridgehead atoms. The molecule has 0 spiro atoms. The average molecular weight is 307 g/mol. The Morgan fingerprint density at radius 3 is 2.67 bits per heavy atom. The molecule has 2 rings (SSSR count). The van der Waals surface area contributed by atoms with Gasteiger partial charge in [0.1, 0.15) is 6.61 Å². The maximum Gasteiger partial charge on any atom is 0.312 e. The largest absolute Gasteiger partial charge is 0.459 e. The van der Waals surface area contributed by atoms with Crippen LogP contribution in [0, 0.1) is 6.92 Å². The van der Waals surface area contributed by atoms with E-state index in [0.29, 0.717) is 0 Å². The molecule has 0 atom stereocenters. The van der Waals surface area contributed by atoms with Crippen molar-refractivity contribution in [3.05, 3.63) is 33.5 Å². The molecule has 0 aliphatic heterocycles. The third-order valence-electron chi connectivity index (χ3n) is 3.00. The van der Waals surface area contributed by atoms with Gasteiger partial charge in [0.15, 0.2) is 0 Å². The second-order valence-electron chi connectivity index (χ2n) is 6.13. The van der Waals surface area contributed by atoms with Crippen molar-refractivity contribution < 1.29 is 9.53 Å². The van der Waals surface area contributed by atoms with Crippen LogP contribution in [0.1, 0.15) is 42.9 Å². The molecule has 0 radical (unpaired) electrons. The Morgan fingerprint density at radius 1 is 1.43 bits per heavy atom. The number of esters is 1. The van der Waals surface area contributed by atoms with Gasteiger partial charge in [0.2, 0.25) is 0 Å². The number of thiazole rings is 1. The highest BCUT2D eigenvalue weighted by Gasteiger charge is 2.19. The van der Waals surface area contributed by atoms with Gasteiger partial charge in [0.05, 0.1) is 28.5 Å². The lowest BCUT2D eigenvalue weighted by molar-refractivity contribution is -0.144. The zero-order valence-corrected chi connectivity index (χ0v) is 14.0. The number of nitrogens with zero attached hydrogens (tertiary/aromatic N) is 3. The van der Waals surface area contributed by atoms with E-state index in [2.05, 4.69) is 30.9 Å². The molecule has 2 heterocycles. The summed E-state index contributed by atoms with van der Waals surface area (Å²) in [6.45, 7) is 8.48. The van der Waals surface area contributed by atoms with E-state index in [1.807, 2.05) is 25.4 Å². The molecule has 0 fully saturated rings. The van der Waals surface area contributed by atoms with Gasteiger partial charge in [-0.25, -0.2) is 4.98 Å². The van der Waals surface area contributed by atoms with Crippen LogP contribution in [0.2, 0.25) is 0 Å². The predicted molar refractivity (Wildman–Crippen MR) is 82.3 cm³/mol. The number of hydrogen-bond acceptors (Lipinski definition) is 5. The fourth-order valence-electron chi connectivity index (χ4n) is 1.89. The Balaban J connectivity index is 1.90. The number of aryl methyl sites for hydroxylation is 2. The summed E-state index contributed by atoms with van der Waals surface area (Å²) in [6.07, 6.45) is 0.212. The molecule has 114 valence electrons. The van der Waals surface area contributed by atoms with Gasteiger partial charge in [-0.15, -0.1) is 11.3 Å². The molecule has 21 heavy (non-hydrogen) atoms. The summed E-state index contributed by atoms with van der Waals surface area (Å²) >= 11 is 1.59. The fraction of sp³-hybridized carbons (Fsp3) is 0.533. The van der Waals surface area contributed by atoms with E-state index >= 15 is 0 Å². The molecule has 0 unspecified atom stereocenters. The quantitative estimate of drug-likeness (QED) is 0.815. The number of ether oxygens (including phenoxy) is 1. The summed E-state index contributed by atoms with van der Waals surface area (Å²) in [5, 5.41) is 7.18. The van der Waals surface area contributed by atoms with E-state index in [1.54, 1.807) is 16.0 Å². The number of carbonyl (C=O) groups excluding carboxylic acids is 1. The maximum atomic E-state index is 11.9. The first-order chi connectivity index (χ1) is 9.75. The zero-order chi connectivity index (χ0) is 15.6. The molecule has 0 aliphatic carbocycles. The number of hydrogen-bond donors (Lipinski definition) is 0. The topological polar surface area (TPSA) is 57.0 Å². The van der Waals surface area contributed by atoms with Crippen LogP contribution in [0.4, 0.5) is 0 Å². The summed E-state index contributed by atoms with van der Waals surface area (Å²) in [7, 11) is 1.84. The Kier molecular flexibility index (Phi) is 4.46. The second-order valence-corrected chi connectivity index (χ2v) is 6.99. The van der Waals surface area contributed by atoms with Crippen molar-refractivity contribution in [2.24, 2.45) is 7.05 Å². The second kappa shape index (κ2) is 5.97. The van der Waals surface area contributed by atoms with E-state index in [0.717, 1.165) is 22.1 Å². The van der Waals surface area contributed by atoms with E-state index in [9.17, 15) is 4.79 Å². The zero-order valence-electron chi connectivity index (χ0n) is 13.1. The van der Waals surface area contributed by atoms with Crippen molar-refractivity contribution >= 4 is 17.3 Å². The Bertz CT molecular complexity index is 638. The van der Waals surface area contributed by atoms with Gasteiger partial charge in [-0.2, -0.15) is 5.10 Å². The van der Waals surface area contributed by atoms with Gasteiger partial charge in [-0.1, -0.05) is 20.8 Å². The van der Waals surface area contributed by atoms with Crippen LogP contribution in [-0.4, -0.2) is 20.7 Å². The highest BCUT2D eigenvalue weighted by molar-refractivity contribution is 7.09. The third-order valence-corrected chi connectivity index (χ3v) is 4.32. The molecular formula is C15H21N3O2S. The molecule has 0 aromatic carbocycles. The van der Waals surface area contributed by atoms with Gasteiger partial charge >= 0.3 is 5.97 Å². The molecule has 2 aromatic heterocycles. The summed E-state index contributed by atoms with van der Waals surface area (Å²) < 4.78 is 7.01. The number of rotatable bonds is 4. The molecular weight excluding hydrogens is 286 g/mol. The van der Waals surface area contributed by atoms with Crippen LogP contribution in [-0.2, 0) is 35.0 Å². The van der Waals surface area contributed by atoms with Crippen LogP contribution < -0.4 is 0 Å². The normalized spacial score (nSPS) is 11.7. The maximum absolute atomic E-state index is 11.9. The Morgan fingerprint density at radius 2 is 2.14 bits per heavy atom. The first-order valence-electron chi connectivity index (χ1n) is 6.86. The smallest absolute Gasteiger partial charge is 0.312 e. The van der Waals surface area contributed by atoms with Crippen molar-refractivity contribution in [1.82, 2.24) is 14.8 Å². The lowest BCUT2D eigenvalue weighted by Gasteiger charge is -2.13.